The van der Waals surface area contributed by atoms with Crippen LogP contribution in [0.2, 0.25) is 5.02 Å². The van der Waals surface area contributed by atoms with E-state index in [2.05, 4.69) is 11.0 Å². The fraction of sp³-hybridized carbons (Fsp3) is 0.280. The van der Waals surface area contributed by atoms with E-state index in [-0.39, 0.29) is 22.6 Å². The van der Waals surface area contributed by atoms with E-state index in [0.717, 1.165) is 42.1 Å². The number of likely N-dealkylation sites (N-methyl/N-ethyl adjacent to an activating group) is 1. The Labute approximate surface area is 175 Å². The Kier molecular flexibility index (Phi) is 4.25. The third-order valence-corrected chi connectivity index (χ3v) is 7.01. The van der Waals surface area contributed by atoms with Gasteiger partial charge in [0.1, 0.15) is 0 Å². The van der Waals surface area contributed by atoms with Crippen LogP contribution in [0.4, 0.5) is 5.69 Å². The number of para-hydroxylation sites is 1. The van der Waals surface area contributed by atoms with Gasteiger partial charge >= 0.3 is 0 Å². The number of nitrogens with zero attached hydrogens (tertiary/aromatic N) is 1. The molecule has 3 aliphatic rings. The van der Waals surface area contributed by atoms with Crippen molar-refractivity contribution in [2.45, 2.75) is 37.5 Å². The Hall–Kier alpha value is -2.65. The fourth-order valence-electron chi connectivity index (χ4n) is 5.36. The number of ketones is 2. The summed E-state index contributed by atoms with van der Waals surface area (Å²) in [6.45, 7) is 0. The van der Waals surface area contributed by atoms with Gasteiger partial charge in [0.25, 0.3) is 0 Å². The Morgan fingerprint density at radius 1 is 0.897 bits per heavy atom. The van der Waals surface area contributed by atoms with Gasteiger partial charge in [0.05, 0.1) is 16.3 Å². The largest absolute Gasteiger partial charge is 0.346 e. The van der Waals surface area contributed by atoms with Crippen LogP contribution in [0, 0.1) is 0 Å². The van der Waals surface area contributed by atoms with E-state index in [1.807, 2.05) is 25.3 Å². The van der Waals surface area contributed by atoms with Crippen LogP contribution in [0.3, 0.4) is 0 Å². The lowest BCUT2D eigenvalue weighted by molar-refractivity contribution is 0.0989. The van der Waals surface area contributed by atoms with Crippen molar-refractivity contribution in [3.8, 4) is 0 Å². The van der Waals surface area contributed by atoms with Crippen LogP contribution in [0.1, 0.15) is 58.4 Å². The summed E-state index contributed by atoms with van der Waals surface area (Å²) in [5.41, 5.74) is 4.60. The van der Waals surface area contributed by atoms with Crippen LogP contribution in [0.5, 0.6) is 0 Å². The van der Waals surface area contributed by atoms with Gasteiger partial charge in [-0.3, -0.25) is 9.59 Å². The van der Waals surface area contributed by atoms with Crippen LogP contribution in [0.25, 0.3) is 0 Å². The minimum absolute atomic E-state index is 0.0954. The zero-order chi connectivity index (χ0) is 20.2. The number of anilines is 1. The molecule has 0 amide bonds. The Morgan fingerprint density at radius 3 is 2.21 bits per heavy atom. The summed E-state index contributed by atoms with van der Waals surface area (Å²) in [7, 11) is 2.03. The van der Waals surface area contributed by atoms with Gasteiger partial charge < -0.3 is 4.90 Å². The van der Waals surface area contributed by atoms with E-state index in [9.17, 15) is 9.59 Å². The molecule has 0 unspecified atom stereocenters. The molecule has 1 heterocycles. The molecular formula is C25H22ClNO2. The number of Topliss-reactive ketones (excluding diaryl/α,β-unsaturated/α-hetero) is 2. The molecule has 3 nitrogen and oxygen atoms in total. The van der Waals surface area contributed by atoms with Crippen molar-refractivity contribution in [1.82, 2.24) is 0 Å². The lowest BCUT2D eigenvalue weighted by atomic mass is 9.68. The molecule has 1 aliphatic heterocycles. The number of hydrogen-bond acceptors (Lipinski definition) is 3. The summed E-state index contributed by atoms with van der Waals surface area (Å²) in [5, 5.41) is 0.742. The highest BCUT2D eigenvalue weighted by atomic mass is 35.5. The van der Waals surface area contributed by atoms with Gasteiger partial charge in [-0.15, -0.1) is 0 Å². The molecule has 0 aromatic heterocycles. The van der Waals surface area contributed by atoms with Crippen molar-refractivity contribution in [3.63, 3.8) is 0 Å². The van der Waals surface area contributed by atoms with Crippen molar-refractivity contribution in [2.75, 3.05) is 11.9 Å². The number of hydrogen-bond donors (Lipinski definition) is 0. The predicted molar refractivity (Wildman–Crippen MR) is 116 cm³/mol. The van der Waals surface area contributed by atoms with E-state index in [1.165, 1.54) is 12.0 Å². The Bertz CT molecular complexity index is 1070. The topological polar surface area (TPSA) is 37.4 Å². The first-order chi connectivity index (χ1) is 14.0. The van der Waals surface area contributed by atoms with Crippen LogP contribution in [-0.2, 0) is 5.41 Å². The van der Waals surface area contributed by atoms with Crippen molar-refractivity contribution in [1.29, 1.82) is 0 Å². The summed E-state index contributed by atoms with van der Waals surface area (Å²) in [4.78, 5) is 27.7. The first-order valence-corrected chi connectivity index (χ1v) is 10.6. The van der Waals surface area contributed by atoms with Crippen molar-refractivity contribution in [2.24, 2.45) is 0 Å². The molecule has 0 bridgehead atoms. The van der Waals surface area contributed by atoms with E-state index < -0.39 is 0 Å². The zero-order valence-corrected chi connectivity index (χ0v) is 17.1. The van der Waals surface area contributed by atoms with Gasteiger partial charge in [-0.2, -0.15) is 0 Å². The van der Waals surface area contributed by atoms with E-state index in [4.69, 9.17) is 11.6 Å². The highest BCUT2D eigenvalue weighted by Gasteiger charge is 2.47. The lowest BCUT2D eigenvalue weighted by Crippen LogP contribution is -2.31. The van der Waals surface area contributed by atoms with Gasteiger partial charge in [0, 0.05) is 29.3 Å². The zero-order valence-electron chi connectivity index (χ0n) is 16.4. The second-order valence-electron chi connectivity index (χ2n) is 8.17. The smallest absolute Gasteiger partial charge is 0.197 e. The molecule has 0 saturated heterocycles. The maximum absolute atomic E-state index is 12.8. The van der Waals surface area contributed by atoms with E-state index >= 15 is 0 Å². The summed E-state index contributed by atoms with van der Waals surface area (Å²) in [6.07, 6.45) is 9.39. The number of rotatable bonds is 1. The van der Waals surface area contributed by atoms with Gasteiger partial charge in [-0.1, -0.05) is 67.3 Å². The van der Waals surface area contributed by atoms with E-state index in [0.29, 0.717) is 11.1 Å². The molecular weight excluding hydrogens is 382 g/mol. The average Bonchev–Trinajstić information content (AvgIpc) is 3.11. The first-order valence-electron chi connectivity index (χ1n) is 10.2. The minimum atomic E-state index is -0.184. The second kappa shape index (κ2) is 6.70. The second-order valence-corrected chi connectivity index (χ2v) is 8.58. The molecule has 5 rings (SSSR count). The molecule has 146 valence electrons. The number of allylic oxidation sites excluding steroid dienone is 4. The molecule has 2 aromatic carbocycles. The van der Waals surface area contributed by atoms with Crippen LogP contribution >= 0.6 is 11.6 Å². The maximum Gasteiger partial charge on any atom is 0.197 e. The number of halogens is 1. The molecule has 4 heteroatoms. The quantitative estimate of drug-likeness (QED) is 0.440. The normalized spacial score (nSPS) is 21.1. The fourth-order valence-corrected chi connectivity index (χ4v) is 5.66. The van der Waals surface area contributed by atoms with Crippen molar-refractivity contribution in [3.05, 3.63) is 87.6 Å². The summed E-state index contributed by atoms with van der Waals surface area (Å²) in [5.74, 6) is -0.368. The lowest BCUT2D eigenvalue weighted by Gasteiger charge is -2.36. The molecule has 0 N–H and O–H groups in total. The Balaban J connectivity index is 1.63. The van der Waals surface area contributed by atoms with Crippen LogP contribution < -0.4 is 4.90 Å². The SMILES string of the molecule is CN1/C(=C/C=C2C(=O)c3ccccc3C2=O)C2(CCCCC2)c2cccc(Cl)c21. The number of fused-ring (bicyclic) bond motifs is 3. The van der Waals surface area contributed by atoms with Gasteiger partial charge in [-0.25, -0.2) is 0 Å². The Morgan fingerprint density at radius 2 is 1.55 bits per heavy atom. The number of benzene rings is 2. The van der Waals surface area contributed by atoms with Gasteiger partial charge in [0.2, 0.25) is 0 Å². The van der Waals surface area contributed by atoms with Crippen molar-refractivity contribution >= 4 is 28.9 Å². The molecule has 1 fully saturated rings. The third kappa shape index (κ3) is 2.57. The molecule has 0 atom stereocenters. The van der Waals surface area contributed by atoms with Gasteiger partial charge in [-0.05, 0) is 36.6 Å². The molecule has 29 heavy (non-hydrogen) atoms. The summed E-state index contributed by atoms with van der Waals surface area (Å²) < 4.78 is 0. The summed E-state index contributed by atoms with van der Waals surface area (Å²) >= 11 is 6.57. The average molecular weight is 404 g/mol. The monoisotopic (exact) mass is 403 g/mol. The molecule has 0 radical (unpaired) electrons. The highest BCUT2D eigenvalue weighted by Crippen LogP contribution is 2.56. The first kappa shape index (κ1) is 18.4. The predicted octanol–water partition coefficient (Wildman–Crippen LogP) is 5.88. The third-order valence-electron chi connectivity index (χ3n) is 6.71. The number of carbonyl (C=O) groups excluding carboxylic acids is 2. The summed E-state index contributed by atoms with van der Waals surface area (Å²) in [6, 6.07) is 13.2. The van der Waals surface area contributed by atoms with Crippen LogP contribution in [-0.4, -0.2) is 18.6 Å². The maximum atomic E-state index is 12.8. The molecule has 1 spiro atoms. The number of carbonyl (C=O) groups is 2. The van der Waals surface area contributed by atoms with E-state index in [1.54, 1.807) is 30.3 Å². The highest BCUT2D eigenvalue weighted by molar-refractivity contribution is 6.39. The van der Waals surface area contributed by atoms with Crippen molar-refractivity contribution < 1.29 is 9.59 Å². The minimum Gasteiger partial charge on any atom is -0.346 e. The molecule has 1 saturated carbocycles. The molecule has 2 aliphatic carbocycles. The van der Waals surface area contributed by atoms with Crippen LogP contribution in [0.15, 0.2) is 65.9 Å². The van der Waals surface area contributed by atoms with Gasteiger partial charge in [0.15, 0.2) is 11.6 Å². The standard InChI is InChI=1S/C25H22ClNO2/c1-27-21(13-12-18-23(28)16-8-3-4-9-17(16)24(18)29)25(14-5-2-6-15-25)19-10-7-11-20(26)22(19)27/h3-4,7-13H,2,5-6,14-15H2,1H3/b21-13+. The molecule has 2 aromatic rings.